The first-order valence-corrected chi connectivity index (χ1v) is 11.2. The van der Waals surface area contributed by atoms with Crippen LogP contribution in [0.1, 0.15) is 93.9 Å². The number of carbonyl (C=O) groups excluding carboxylic acids is 1. The molecule has 0 radical (unpaired) electrons. The molecular weight excluding hydrogens is 336 g/mol. The molecule has 2 bridgehead atoms. The summed E-state index contributed by atoms with van der Waals surface area (Å²) in [6.07, 6.45) is 7.36. The van der Waals surface area contributed by atoms with E-state index in [1.54, 1.807) is 0 Å². The predicted molar refractivity (Wildman–Crippen MR) is 109 cm³/mol. The van der Waals surface area contributed by atoms with Crippen LogP contribution in [0, 0.1) is 39.9 Å². The number of esters is 1. The van der Waals surface area contributed by atoms with Crippen molar-refractivity contribution in [2.75, 3.05) is 0 Å². The van der Waals surface area contributed by atoms with Crippen molar-refractivity contribution in [1.82, 2.24) is 0 Å². The molecule has 3 saturated carbocycles. The van der Waals surface area contributed by atoms with Crippen molar-refractivity contribution >= 4 is 5.97 Å². The second-order valence-corrected chi connectivity index (χ2v) is 12.1. The first kappa shape index (κ1) is 21.1. The average Bonchev–Trinajstić information content (AvgIpc) is 3.15. The lowest BCUT2D eigenvalue weighted by atomic mass is 9.61. The Morgan fingerprint density at radius 2 is 1.59 bits per heavy atom. The van der Waals surface area contributed by atoms with Crippen LogP contribution in [0.4, 0.5) is 0 Å². The van der Waals surface area contributed by atoms with Crippen molar-refractivity contribution in [2.45, 2.75) is 106 Å². The van der Waals surface area contributed by atoms with E-state index >= 15 is 0 Å². The van der Waals surface area contributed by atoms with E-state index in [1.165, 1.54) is 32.1 Å². The lowest BCUT2D eigenvalue weighted by Crippen LogP contribution is -2.46. The zero-order chi connectivity index (χ0) is 20.2. The highest BCUT2D eigenvalue weighted by Crippen LogP contribution is 2.59. The average molecular weight is 379 g/mol. The van der Waals surface area contributed by atoms with Crippen LogP contribution < -0.4 is 0 Å². The van der Waals surface area contributed by atoms with E-state index in [2.05, 4.69) is 48.5 Å². The summed E-state index contributed by atoms with van der Waals surface area (Å²) in [5, 5.41) is 0. The molecule has 7 atom stereocenters. The van der Waals surface area contributed by atoms with Crippen molar-refractivity contribution in [3.8, 4) is 0 Å². The Balaban J connectivity index is 1.61. The number of ether oxygens (including phenoxy) is 2. The van der Waals surface area contributed by atoms with Gasteiger partial charge in [0.2, 0.25) is 0 Å². The van der Waals surface area contributed by atoms with Crippen molar-refractivity contribution in [2.24, 2.45) is 39.9 Å². The van der Waals surface area contributed by atoms with Gasteiger partial charge in [-0.15, -0.1) is 0 Å². The first-order chi connectivity index (χ1) is 12.3. The van der Waals surface area contributed by atoms with E-state index in [4.69, 9.17) is 9.47 Å². The van der Waals surface area contributed by atoms with Gasteiger partial charge in [-0.25, -0.2) is 0 Å². The summed E-state index contributed by atoms with van der Waals surface area (Å²) >= 11 is 0. The second kappa shape index (κ2) is 7.04. The van der Waals surface area contributed by atoms with Gasteiger partial charge in [0.25, 0.3) is 0 Å². The summed E-state index contributed by atoms with van der Waals surface area (Å²) in [4.78, 5) is 13.2. The number of fused-ring (bicyclic) bond motifs is 5. The van der Waals surface area contributed by atoms with Crippen molar-refractivity contribution in [3.63, 3.8) is 0 Å². The second-order valence-electron chi connectivity index (χ2n) is 12.1. The fraction of sp³-hybridized carbons (Fsp3) is 0.958. The monoisotopic (exact) mass is 378 g/mol. The molecule has 0 heterocycles. The van der Waals surface area contributed by atoms with Crippen molar-refractivity contribution in [1.29, 1.82) is 0 Å². The van der Waals surface area contributed by atoms with Crippen LogP contribution in [-0.4, -0.2) is 18.4 Å². The summed E-state index contributed by atoms with van der Waals surface area (Å²) in [5.74, 6) is 3.28. The van der Waals surface area contributed by atoms with Gasteiger partial charge in [0.15, 0.2) is 6.29 Å². The number of hydrogen-bond donors (Lipinski definition) is 0. The highest BCUT2D eigenvalue weighted by molar-refractivity contribution is 5.77. The molecule has 3 aliphatic rings. The Labute approximate surface area is 167 Å². The fourth-order valence-corrected chi connectivity index (χ4v) is 6.42. The standard InChI is InChI=1S/C24H42O3/c1-15(26-20-13-16-12-19(20)18-11-9-10-17(16)18)27-21(25)24(8,23(5,6)7)14-22(2,3)4/h15-20H,9-14H2,1-8H3. The van der Waals surface area contributed by atoms with Gasteiger partial charge in [0.05, 0.1) is 11.5 Å². The predicted octanol–water partition coefficient (Wildman–Crippen LogP) is 6.21. The molecule has 3 heteroatoms. The molecule has 3 fully saturated rings. The minimum atomic E-state index is -0.534. The van der Waals surface area contributed by atoms with E-state index in [0.717, 1.165) is 24.2 Å². The van der Waals surface area contributed by atoms with Gasteiger partial charge in [-0.1, -0.05) is 48.0 Å². The van der Waals surface area contributed by atoms with Crippen LogP contribution in [0.15, 0.2) is 0 Å². The summed E-state index contributed by atoms with van der Waals surface area (Å²) in [7, 11) is 0. The first-order valence-electron chi connectivity index (χ1n) is 11.2. The topological polar surface area (TPSA) is 35.5 Å². The smallest absolute Gasteiger partial charge is 0.314 e. The highest BCUT2D eigenvalue weighted by Gasteiger charge is 2.55. The molecule has 0 spiro atoms. The van der Waals surface area contributed by atoms with Gasteiger partial charge in [0, 0.05) is 0 Å². The highest BCUT2D eigenvalue weighted by atomic mass is 16.7. The van der Waals surface area contributed by atoms with Crippen LogP contribution in [-0.2, 0) is 14.3 Å². The van der Waals surface area contributed by atoms with E-state index in [9.17, 15) is 4.79 Å². The van der Waals surface area contributed by atoms with Gasteiger partial charge in [-0.05, 0) is 80.5 Å². The van der Waals surface area contributed by atoms with E-state index in [-0.39, 0.29) is 16.8 Å². The van der Waals surface area contributed by atoms with Gasteiger partial charge < -0.3 is 9.47 Å². The van der Waals surface area contributed by atoms with Gasteiger partial charge in [-0.3, -0.25) is 4.79 Å². The molecule has 0 aromatic carbocycles. The Bertz CT molecular complexity index is 555. The molecule has 27 heavy (non-hydrogen) atoms. The van der Waals surface area contributed by atoms with Crippen molar-refractivity contribution in [3.05, 3.63) is 0 Å². The molecule has 0 amide bonds. The maximum atomic E-state index is 13.2. The Hall–Kier alpha value is -0.570. The third kappa shape index (κ3) is 4.09. The van der Waals surface area contributed by atoms with E-state index < -0.39 is 11.7 Å². The molecule has 0 aromatic rings. The largest absolute Gasteiger partial charge is 0.436 e. The van der Waals surface area contributed by atoms with Gasteiger partial charge in [0.1, 0.15) is 0 Å². The zero-order valence-electron chi connectivity index (χ0n) is 18.9. The number of rotatable bonds is 5. The third-order valence-corrected chi connectivity index (χ3v) is 8.00. The number of carbonyl (C=O) groups is 1. The summed E-state index contributed by atoms with van der Waals surface area (Å²) in [6, 6.07) is 0. The van der Waals surface area contributed by atoms with Crippen LogP contribution in [0.5, 0.6) is 0 Å². The maximum Gasteiger partial charge on any atom is 0.314 e. The lowest BCUT2D eigenvalue weighted by Gasteiger charge is -2.44. The van der Waals surface area contributed by atoms with Crippen LogP contribution >= 0.6 is 0 Å². The molecule has 0 N–H and O–H groups in total. The molecular formula is C24H42O3. The molecule has 0 aromatic heterocycles. The Morgan fingerprint density at radius 3 is 2.19 bits per heavy atom. The fourth-order valence-electron chi connectivity index (χ4n) is 6.42. The molecule has 7 unspecified atom stereocenters. The Kier molecular flexibility index (Phi) is 5.51. The number of hydrogen-bond acceptors (Lipinski definition) is 3. The zero-order valence-corrected chi connectivity index (χ0v) is 18.9. The summed E-state index contributed by atoms with van der Waals surface area (Å²) < 4.78 is 12.2. The lowest BCUT2D eigenvalue weighted by molar-refractivity contribution is -0.208. The molecule has 0 saturated heterocycles. The molecule has 3 nitrogen and oxygen atoms in total. The normalized spacial score (nSPS) is 36.4. The minimum Gasteiger partial charge on any atom is -0.436 e. The van der Waals surface area contributed by atoms with Crippen LogP contribution in [0.3, 0.4) is 0 Å². The van der Waals surface area contributed by atoms with Gasteiger partial charge in [-0.2, -0.15) is 0 Å². The maximum absolute atomic E-state index is 13.2. The molecule has 3 aliphatic carbocycles. The van der Waals surface area contributed by atoms with Crippen LogP contribution in [0.25, 0.3) is 0 Å². The van der Waals surface area contributed by atoms with Gasteiger partial charge >= 0.3 is 5.97 Å². The SMILES string of the molecule is CC(OC(=O)C(C)(CC(C)(C)C)C(C)(C)C)OC1CC2CC1C1CCCC21. The molecule has 3 rings (SSSR count). The summed E-state index contributed by atoms with van der Waals surface area (Å²) in [6.45, 7) is 17.0. The van der Waals surface area contributed by atoms with Crippen molar-refractivity contribution < 1.29 is 14.3 Å². The molecule has 0 aliphatic heterocycles. The molecule has 156 valence electrons. The minimum absolute atomic E-state index is 0.0627. The van der Waals surface area contributed by atoms with Crippen LogP contribution in [0.2, 0.25) is 0 Å². The Morgan fingerprint density at radius 1 is 0.963 bits per heavy atom. The third-order valence-electron chi connectivity index (χ3n) is 8.00. The van der Waals surface area contributed by atoms with E-state index in [1.807, 2.05) is 6.92 Å². The quantitative estimate of drug-likeness (QED) is 0.422. The summed E-state index contributed by atoms with van der Waals surface area (Å²) in [5.41, 5.74) is -0.637. The van der Waals surface area contributed by atoms with E-state index in [0.29, 0.717) is 12.0 Å².